The molecule has 1 amide bonds. The molecule has 3 aromatic rings. The molecule has 0 aliphatic rings. The number of aromatic nitrogens is 1. The molecule has 1 N–H and O–H groups in total. The average molecular weight is 429 g/mol. The van der Waals surface area contributed by atoms with Crippen molar-refractivity contribution in [2.75, 3.05) is 6.54 Å². The lowest BCUT2D eigenvalue weighted by Gasteiger charge is -2.12. The fraction of sp³-hybridized carbons (Fsp3) is 0.304. The van der Waals surface area contributed by atoms with Crippen LogP contribution in [0, 0.1) is 6.92 Å². The van der Waals surface area contributed by atoms with Gasteiger partial charge in [-0.1, -0.05) is 48.3 Å². The van der Waals surface area contributed by atoms with Crippen molar-refractivity contribution in [3.05, 3.63) is 80.3 Å². The summed E-state index contributed by atoms with van der Waals surface area (Å²) in [6.45, 7) is 4.75. The van der Waals surface area contributed by atoms with Crippen molar-refractivity contribution in [3.8, 4) is 0 Å². The highest BCUT2D eigenvalue weighted by Gasteiger charge is 2.14. The van der Waals surface area contributed by atoms with E-state index in [-0.39, 0.29) is 5.91 Å². The summed E-state index contributed by atoms with van der Waals surface area (Å²) in [6, 6.07) is 11.7. The van der Waals surface area contributed by atoms with Gasteiger partial charge in [-0.25, -0.2) is 0 Å². The number of hydrogen-bond donors (Lipinski definition) is 1. The van der Waals surface area contributed by atoms with Crippen LogP contribution in [0.1, 0.15) is 58.4 Å². The lowest BCUT2D eigenvalue weighted by Crippen LogP contribution is -2.25. The number of allylic oxidation sites excluding steroid dienone is 1. The topological polar surface area (TPSA) is 55.1 Å². The third-order valence-corrected chi connectivity index (χ3v) is 5.74. The highest BCUT2D eigenvalue weighted by Crippen LogP contribution is 2.26. The van der Waals surface area contributed by atoms with Gasteiger partial charge in [0.1, 0.15) is 5.76 Å². The number of thiophene rings is 1. The number of carbonyl (C=O) groups is 1. The zero-order valence-corrected chi connectivity index (χ0v) is 18.3. The quantitative estimate of drug-likeness (QED) is 0.435. The molecule has 0 spiro atoms. The van der Waals surface area contributed by atoms with Gasteiger partial charge in [0.05, 0.1) is 0 Å². The summed E-state index contributed by atoms with van der Waals surface area (Å²) in [5.41, 5.74) is 3.83. The van der Waals surface area contributed by atoms with E-state index < -0.39 is 0 Å². The van der Waals surface area contributed by atoms with E-state index in [1.807, 2.05) is 35.7 Å². The van der Waals surface area contributed by atoms with Gasteiger partial charge in [-0.2, -0.15) is 0 Å². The Morgan fingerprint density at radius 3 is 2.93 bits per heavy atom. The first-order valence-electron chi connectivity index (χ1n) is 9.78. The molecule has 0 atom stereocenters. The Morgan fingerprint density at radius 1 is 1.31 bits per heavy atom. The van der Waals surface area contributed by atoms with Crippen molar-refractivity contribution < 1.29 is 9.32 Å². The van der Waals surface area contributed by atoms with Gasteiger partial charge in [-0.15, -0.1) is 11.3 Å². The van der Waals surface area contributed by atoms with Crippen LogP contribution >= 0.6 is 22.9 Å². The van der Waals surface area contributed by atoms with Crippen LogP contribution in [0.2, 0.25) is 5.02 Å². The third-order valence-electron chi connectivity index (χ3n) is 4.63. The van der Waals surface area contributed by atoms with Crippen LogP contribution in [0.5, 0.6) is 0 Å². The lowest BCUT2D eigenvalue weighted by atomic mass is 9.96. The largest absolute Gasteiger partial charge is 0.360 e. The first-order valence-corrected chi connectivity index (χ1v) is 11.0. The number of nitrogens with zero attached hydrogens (tertiary/aromatic N) is 1. The molecule has 0 fully saturated rings. The van der Waals surface area contributed by atoms with E-state index in [0.717, 1.165) is 29.8 Å². The molecule has 6 heteroatoms. The molecular formula is C23H25ClN2O2S. The number of nitrogens with one attached hydrogen (secondary N) is 1. The van der Waals surface area contributed by atoms with Crippen molar-refractivity contribution >= 4 is 34.4 Å². The van der Waals surface area contributed by atoms with Crippen molar-refractivity contribution in [3.63, 3.8) is 0 Å². The van der Waals surface area contributed by atoms with Crippen molar-refractivity contribution in [2.24, 2.45) is 0 Å². The Balaban J connectivity index is 1.60. The SMILES string of the molecule is CCC/C=C(/CCNC(=O)c1cc(Cc2cccs2)on1)c1cc(Cl)ccc1C. The molecule has 0 saturated carbocycles. The van der Waals surface area contributed by atoms with Gasteiger partial charge in [-0.05, 0) is 60.0 Å². The van der Waals surface area contributed by atoms with Crippen LogP contribution in [0.15, 0.2) is 52.4 Å². The fourth-order valence-corrected chi connectivity index (χ4v) is 3.98. The van der Waals surface area contributed by atoms with E-state index in [4.69, 9.17) is 16.1 Å². The van der Waals surface area contributed by atoms with Crippen LogP contribution in [-0.4, -0.2) is 17.6 Å². The molecule has 29 heavy (non-hydrogen) atoms. The van der Waals surface area contributed by atoms with E-state index in [1.54, 1.807) is 17.4 Å². The average Bonchev–Trinajstić information content (AvgIpc) is 3.39. The van der Waals surface area contributed by atoms with Crippen LogP contribution in [-0.2, 0) is 6.42 Å². The normalized spacial score (nSPS) is 11.6. The van der Waals surface area contributed by atoms with E-state index in [9.17, 15) is 4.79 Å². The van der Waals surface area contributed by atoms with Crippen LogP contribution in [0.25, 0.3) is 5.57 Å². The summed E-state index contributed by atoms with van der Waals surface area (Å²) < 4.78 is 5.31. The molecule has 152 valence electrons. The minimum absolute atomic E-state index is 0.219. The predicted octanol–water partition coefficient (Wildman–Crippen LogP) is 6.29. The highest BCUT2D eigenvalue weighted by molar-refractivity contribution is 7.09. The highest BCUT2D eigenvalue weighted by atomic mass is 35.5. The Kier molecular flexibility index (Phi) is 7.67. The minimum atomic E-state index is -0.219. The molecule has 0 saturated heterocycles. The van der Waals surface area contributed by atoms with Gasteiger partial charge in [0.25, 0.3) is 5.91 Å². The number of carbonyl (C=O) groups excluding carboxylic acids is 1. The predicted molar refractivity (Wildman–Crippen MR) is 120 cm³/mol. The summed E-state index contributed by atoms with van der Waals surface area (Å²) >= 11 is 7.85. The molecule has 0 bridgehead atoms. The summed E-state index contributed by atoms with van der Waals surface area (Å²) in [4.78, 5) is 13.6. The number of halogens is 1. The number of benzene rings is 1. The van der Waals surface area contributed by atoms with E-state index >= 15 is 0 Å². The van der Waals surface area contributed by atoms with Gasteiger partial charge < -0.3 is 9.84 Å². The van der Waals surface area contributed by atoms with E-state index in [2.05, 4.69) is 30.4 Å². The van der Waals surface area contributed by atoms with Crippen LogP contribution < -0.4 is 5.32 Å². The van der Waals surface area contributed by atoms with Crippen LogP contribution in [0.4, 0.5) is 0 Å². The van der Waals surface area contributed by atoms with Crippen molar-refractivity contribution in [2.45, 2.75) is 39.5 Å². The molecule has 1 aromatic carbocycles. The van der Waals surface area contributed by atoms with E-state index in [1.165, 1.54) is 16.0 Å². The standard InChI is InChI=1S/C23H25ClN2O2S/c1-3-4-6-17(21-13-18(24)9-8-16(21)2)10-11-25-23(27)22-15-19(28-26-22)14-20-7-5-12-29-20/h5-9,12-13,15H,3-4,10-11,14H2,1-2H3,(H,25,27)/b17-6-. The Labute approximate surface area is 180 Å². The fourth-order valence-electron chi connectivity index (χ4n) is 3.09. The Bertz CT molecular complexity index is 977. The first-order chi connectivity index (χ1) is 14.1. The summed E-state index contributed by atoms with van der Waals surface area (Å²) in [5, 5.41) is 9.60. The summed E-state index contributed by atoms with van der Waals surface area (Å²) in [6.07, 6.45) is 5.68. The molecular weight excluding hydrogens is 404 g/mol. The number of hydrogen-bond acceptors (Lipinski definition) is 4. The first kappa shape index (κ1) is 21.3. The van der Waals surface area contributed by atoms with Gasteiger partial charge in [-0.3, -0.25) is 4.79 Å². The van der Waals surface area contributed by atoms with Crippen LogP contribution in [0.3, 0.4) is 0 Å². The Hall–Kier alpha value is -2.37. The smallest absolute Gasteiger partial charge is 0.273 e. The zero-order chi connectivity index (χ0) is 20.6. The second kappa shape index (κ2) is 10.4. The minimum Gasteiger partial charge on any atom is -0.360 e. The maximum Gasteiger partial charge on any atom is 0.273 e. The molecule has 4 nitrogen and oxygen atoms in total. The number of rotatable bonds is 9. The summed E-state index contributed by atoms with van der Waals surface area (Å²) in [7, 11) is 0. The maximum absolute atomic E-state index is 12.4. The van der Waals surface area contributed by atoms with Gasteiger partial charge in [0.2, 0.25) is 0 Å². The molecule has 0 radical (unpaired) electrons. The molecule has 3 rings (SSSR count). The monoisotopic (exact) mass is 428 g/mol. The Morgan fingerprint density at radius 2 is 2.17 bits per heavy atom. The summed E-state index contributed by atoms with van der Waals surface area (Å²) in [5.74, 6) is 0.472. The molecule has 0 unspecified atom stereocenters. The van der Waals surface area contributed by atoms with Crippen molar-refractivity contribution in [1.82, 2.24) is 10.5 Å². The maximum atomic E-state index is 12.4. The van der Waals surface area contributed by atoms with Crippen molar-refractivity contribution in [1.29, 1.82) is 0 Å². The van der Waals surface area contributed by atoms with Gasteiger partial charge in [0.15, 0.2) is 5.69 Å². The third kappa shape index (κ3) is 6.05. The number of amides is 1. The van der Waals surface area contributed by atoms with Gasteiger partial charge >= 0.3 is 0 Å². The van der Waals surface area contributed by atoms with E-state index in [0.29, 0.717) is 24.4 Å². The second-order valence-corrected chi connectivity index (χ2v) is 8.39. The molecule has 0 aliphatic heterocycles. The number of aryl methyl sites for hydroxylation is 1. The molecule has 2 heterocycles. The van der Waals surface area contributed by atoms with Gasteiger partial charge in [0, 0.05) is 28.9 Å². The molecule has 0 aliphatic carbocycles. The second-order valence-electron chi connectivity index (χ2n) is 6.92. The zero-order valence-electron chi connectivity index (χ0n) is 16.7. The molecule has 2 aromatic heterocycles. The number of unbranched alkanes of at least 4 members (excludes halogenated alkanes) is 1. The lowest BCUT2D eigenvalue weighted by molar-refractivity contribution is 0.0945.